The summed E-state index contributed by atoms with van der Waals surface area (Å²) in [6.07, 6.45) is -0.525. The third-order valence-electron chi connectivity index (χ3n) is 3.49. The maximum absolute atomic E-state index is 13.0. The standard InChI is InChI=1S/C17H20FN3O5/c1-2-26-15(9-11-3-5-12(18)6-4-11)16(23)21-14(17(24)25)8-7-13(22)10-20-19/h3-6,10,14-15H,2,7-9H2,1H3,(H,21,23)(H,24,25)/t14-,15-/m0/s1. The molecule has 0 aliphatic rings. The van der Waals surface area contributed by atoms with E-state index in [2.05, 4.69) is 10.1 Å². The van der Waals surface area contributed by atoms with Gasteiger partial charge in [-0.25, -0.2) is 9.18 Å². The van der Waals surface area contributed by atoms with Crippen molar-refractivity contribution in [2.24, 2.45) is 0 Å². The van der Waals surface area contributed by atoms with E-state index in [1.807, 2.05) is 0 Å². The number of nitrogens with zero attached hydrogens (tertiary/aromatic N) is 2. The first-order valence-electron chi connectivity index (χ1n) is 7.96. The molecule has 9 heteroatoms. The number of hydrogen-bond donors (Lipinski definition) is 2. The Kier molecular flexibility index (Phi) is 8.83. The smallest absolute Gasteiger partial charge is 0.326 e. The highest BCUT2D eigenvalue weighted by Crippen LogP contribution is 2.09. The van der Waals surface area contributed by atoms with Gasteiger partial charge in [0.1, 0.15) is 18.0 Å². The van der Waals surface area contributed by atoms with Crippen LogP contribution in [0, 0.1) is 5.82 Å². The van der Waals surface area contributed by atoms with Gasteiger partial charge in [-0.3, -0.25) is 9.59 Å². The number of rotatable bonds is 11. The lowest BCUT2D eigenvalue weighted by atomic mass is 10.1. The van der Waals surface area contributed by atoms with Crippen LogP contribution in [0.4, 0.5) is 4.39 Å². The molecular formula is C17H20FN3O5. The molecule has 2 N–H and O–H groups in total. The number of nitrogens with one attached hydrogen (secondary N) is 1. The number of hydrogen-bond acceptors (Lipinski definition) is 4. The van der Waals surface area contributed by atoms with Gasteiger partial charge in [0.05, 0.1) is 0 Å². The molecule has 2 atom stereocenters. The lowest BCUT2D eigenvalue weighted by Crippen LogP contribution is -2.47. The predicted octanol–water partition coefficient (Wildman–Crippen LogP) is 0.993. The van der Waals surface area contributed by atoms with Gasteiger partial charge in [-0.2, -0.15) is 4.79 Å². The van der Waals surface area contributed by atoms with Crippen molar-refractivity contribution in [3.05, 3.63) is 41.2 Å². The molecule has 1 amide bonds. The van der Waals surface area contributed by atoms with E-state index in [9.17, 15) is 23.9 Å². The number of amides is 1. The molecule has 8 nitrogen and oxygen atoms in total. The van der Waals surface area contributed by atoms with Crippen LogP contribution in [0.1, 0.15) is 25.3 Å². The maximum atomic E-state index is 13.0. The van der Waals surface area contributed by atoms with Crippen LogP contribution in [0.15, 0.2) is 24.3 Å². The second kappa shape index (κ2) is 10.9. The van der Waals surface area contributed by atoms with Gasteiger partial charge in [0.15, 0.2) is 0 Å². The van der Waals surface area contributed by atoms with Gasteiger partial charge in [0.25, 0.3) is 0 Å². The molecule has 0 aromatic heterocycles. The predicted molar refractivity (Wildman–Crippen MR) is 89.0 cm³/mol. The Bertz CT molecular complexity index is 686. The second-order valence-electron chi connectivity index (χ2n) is 5.42. The first kappa shape index (κ1) is 21.1. The third-order valence-corrected chi connectivity index (χ3v) is 3.49. The number of halogens is 1. The van der Waals surface area contributed by atoms with Crippen LogP contribution in [0.2, 0.25) is 0 Å². The highest BCUT2D eigenvalue weighted by Gasteiger charge is 2.26. The molecule has 0 saturated carbocycles. The van der Waals surface area contributed by atoms with Crippen molar-refractivity contribution < 1.29 is 33.4 Å². The summed E-state index contributed by atoms with van der Waals surface area (Å²) in [7, 11) is 0. The van der Waals surface area contributed by atoms with Gasteiger partial charge < -0.3 is 20.7 Å². The normalized spacial score (nSPS) is 12.5. The van der Waals surface area contributed by atoms with E-state index >= 15 is 0 Å². The number of Topliss-reactive ketones (excluding diaryl/α,β-unsaturated/α-hetero) is 1. The zero-order valence-electron chi connectivity index (χ0n) is 14.2. The average Bonchev–Trinajstić information content (AvgIpc) is 2.59. The van der Waals surface area contributed by atoms with Crippen LogP contribution in [0.5, 0.6) is 0 Å². The van der Waals surface area contributed by atoms with E-state index in [0.717, 1.165) is 0 Å². The maximum Gasteiger partial charge on any atom is 0.326 e. The number of carboxylic acids is 1. The molecule has 26 heavy (non-hydrogen) atoms. The second-order valence-corrected chi connectivity index (χ2v) is 5.42. The Morgan fingerprint density at radius 2 is 2.00 bits per heavy atom. The summed E-state index contributed by atoms with van der Waals surface area (Å²) < 4.78 is 18.3. The van der Waals surface area contributed by atoms with E-state index in [4.69, 9.17) is 10.3 Å². The Morgan fingerprint density at radius 1 is 1.35 bits per heavy atom. The molecule has 0 saturated heterocycles. The first-order valence-corrected chi connectivity index (χ1v) is 7.96. The molecule has 0 aliphatic carbocycles. The monoisotopic (exact) mass is 365 g/mol. The van der Waals surface area contributed by atoms with Gasteiger partial charge >= 0.3 is 12.2 Å². The van der Waals surface area contributed by atoms with Crippen molar-refractivity contribution in [2.75, 3.05) is 6.61 Å². The highest BCUT2D eigenvalue weighted by atomic mass is 19.1. The lowest BCUT2D eigenvalue weighted by Gasteiger charge is -2.20. The summed E-state index contributed by atoms with van der Waals surface area (Å²) in [6.45, 7) is 1.91. The Labute approximate surface area is 149 Å². The van der Waals surface area contributed by atoms with E-state index < -0.39 is 35.6 Å². The van der Waals surface area contributed by atoms with Crippen molar-refractivity contribution in [1.29, 1.82) is 0 Å². The first-order chi connectivity index (χ1) is 12.4. The summed E-state index contributed by atoms with van der Waals surface area (Å²) in [5, 5.41) is 11.5. The summed E-state index contributed by atoms with van der Waals surface area (Å²) in [4.78, 5) is 37.5. The van der Waals surface area contributed by atoms with E-state index in [1.54, 1.807) is 6.92 Å². The number of ether oxygens (including phenoxy) is 1. The third kappa shape index (κ3) is 7.33. The molecule has 140 valence electrons. The van der Waals surface area contributed by atoms with Crippen molar-refractivity contribution in [3.8, 4) is 0 Å². The SMILES string of the molecule is CCO[C@@H](Cc1ccc(F)cc1)C(=O)N[C@@H](CCC(=O)C=[N+]=[N-])C(=O)O. The lowest BCUT2D eigenvalue weighted by molar-refractivity contribution is -0.144. The minimum atomic E-state index is -1.30. The molecule has 0 unspecified atom stereocenters. The van der Waals surface area contributed by atoms with E-state index in [1.165, 1.54) is 24.3 Å². The number of carbonyl (C=O) groups is 3. The van der Waals surface area contributed by atoms with Crippen molar-refractivity contribution in [2.45, 2.75) is 38.3 Å². The molecule has 0 bridgehead atoms. The Hall–Kier alpha value is -2.90. The molecule has 1 aromatic rings. The van der Waals surface area contributed by atoms with Crippen molar-refractivity contribution in [3.63, 3.8) is 0 Å². The molecule has 1 aromatic carbocycles. The fourth-order valence-corrected chi connectivity index (χ4v) is 2.20. The molecule has 0 spiro atoms. The minimum absolute atomic E-state index is 0.141. The van der Waals surface area contributed by atoms with Crippen molar-refractivity contribution in [1.82, 2.24) is 5.32 Å². The van der Waals surface area contributed by atoms with Crippen LogP contribution in [0.25, 0.3) is 5.53 Å². The highest BCUT2D eigenvalue weighted by molar-refractivity contribution is 6.25. The molecule has 0 fully saturated rings. The summed E-state index contributed by atoms with van der Waals surface area (Å²) in [6, 6.07) is 4.23. The van der Waals surface area contributed by atoms with Crippen LogP contribution in [-0.2, 0) is 25.5 Å². The topological polar surface area (TPSA) is 129 Å². The zero-order chi connectivity index (χ0) is 19.5. The Morgan fingerprint density at radius 3 is 2.54 bits per heavy atom. The van der Waals surface area contributed by atoms with Crippen molar-refractivity contribution >= 4 is 23.9 Å². The van der Waals surface area contributed by atoms with Gasteiger partial charge in [-0.15, -0.1) is 0 Å². The molecule has 0 aliphatic heterocycles. The number of benzene rings is 1. The van der Waals surface area contributed by atoms with Crippen LogP contribution in [-0.4, -0.2) is 52.5 Å². The fraction of sp³-hybridized carbons (Fsp3) is 0.412. The number of carboxylic acid groups (broad SMARTS) is 1. The van der Waals surface area contributed by atoms with Crippen LogP contribution in [0.3, 0.4) is 0 Å². The fourth-order valence-electron chi connectivity index (χ4n) is 2.20. The van der Waals surface area contributed by atoms with E-state index in [-0.39, 0.29) is 25.9 Å². The largest absolute Gasteiger partial charge is 0.480 e. The van der Waals surface area contributed by atoms with Gasteiger partial charge in [-0.1, -0.05) is 12.1 Å². The summed E-state index contributed by atoms with van der Waals surface area (Å²) in [5.41, 5.74) is 8.92. The molecule has 0 heterocycles. The quantitative estimate of drug-likeness (QED) is 0.343. The molecule has 1 rings (SSSR count). The zero-order valence-corrected chi connectivity index (χ0v) is 14.2. The minimum Gasteiger partial charge on any atom is -0.480 e. The van der Waals surface area contributed by atoms with Gasteiger partial charge in [0.2, 0.25) is 11.7 Å². The summed E-state index contributed by atoms with van der Waals surface area (Å²) >= 11 is 0. The summed E-state index contributed by atoms with van der Waals surface area (Å²) in [5.74, 6) is -2.93. The molecule has 0 radical (unpaired) electrons. The number of aliphatic carboxylic acids is 1. The van der Waals surface area contributed by atoms with E-state index in [0.29, 0.717) is 11.8 Å². The average molecular weight is 365 g/mol. The Balaban J connectivity index is 2.75. The van der Waals surface area contributed by atoms with Gasteiger partial charge in [0, 0.05) is 19.4 Å². The number of carbonyl (C=O) groups excluding carboxylic acids is 2. The van der Waals surface area contributed by atoms with Crippen LogP contribution >= 0.6 is 0 Å². The van der Waals surface area contributed by atoms with Gasteiger partial charge in [-0.05, 0) is 31.0 Å². The number of ketones is 1. The molecular weight excluding hydrogens is 345 g/mol. The van der Waals surface area contributed by atoms with Crippen LogP contribution < -0.4 is 5.32 Å².